The Morgan fingerprint density at radius 1 is 1.06 bits per heavy atom. The van der Waals surface area contributed by atoms with Gasteiger partial charge in [0.25, 0.3) is 0 Å². The molecule has 0 saturated carbocycles. The van der Waals surface area contributed by atoms with Crippen LogP contribution in [0.15, 0.2) is 59.7 Å². The maximum Gasteiger partial charge on any atom is 0.229 e. The van der Waals surface area contributed by atoms with Crippen molar-refractivity contribution in [3.05, 3.63) is 66.1 Å². The molecule has 1 unspecified atom stereocenters. The fraction of sp³-hybridized carbons (Fsp3) is 0.190. The van der Waals surface area contributed by atoms with Crippen molar-refractivity contribution in [1.82, 2.24) is 9.97 Å². The summed E-state index contributed by atoms with van der Waals surface area (Å²) in [6.07, 6.45) is 2.09. The van der Waals surface area contributed by atoms with Gasteiger partial charge in [-0.2, -0.15) is 4.98 Å². The van der Waals surface area contributed by atoms with Crippen LogP contribution in [0, 0.1) is 5.82 Å². The molecule has 0 spiro atoms. The lowest BCUT2D eigenvalue weighted by Crippen LogP contribution is -2.11. The molecule has 0 amide bonds. The molecule has 0 saturated heterocycles. The number of benzene rings is 2. The zero-order valence-corrected chi connectivity index (χ0v) is 19.0. The first kappa shape index (κ1) is 22.0. The molecule has 1 aliphatic heterocycles. The van der Waals surface area contributed by atoms with Crippen molar-refractivity contribution in [2.75, 3.05) is 27.4 Å². The van der Waals surface area contributed by atoms with Gasteiger partial charge in [0, 0.05) is 11.4 Å². The lowest BCUT2D eigenvalue weighted by molar-refractivity contribution is 0.607. The summed E-state index contributed by atoms with van der Waals surface area (Å²) in [5.41, 5.74) is 2.51. The van der Waals surface area contributed by atoms with E-state index in [1.54, 1.807) is 36.0 Å². The highest BCUT2D eigenvalue weighted by Gasteiger charge is 2.17. The number of thioether (sulfide) groups is 1. The van der Waals surface area contributed by atoms with Crippen molar-refractivity contribution >= 4 is 55.7 Å². The van der Waals surface area contributed by atoms with Crippen LogP contribution >= 0.6 is 11.8 Å². The third kappa shape index (κ3) is 5.54. The standard InChI is InChI=1S/C21H21FN6O2S2/c1-13-24-19(12-31-13)14-7-9-15(10-8-14)25-21-23-11-16(22)20(27-21)26-17-5-3-4-6-18(17)28-32(2,29)30/h3-11,19,28H,12H2,1-2H3,(H2,23,25,26,27). The van der Waals surface area contributed by atoms with E-state index in [9.17, 15) is 12.8 Å². The van der Waals surface area contributed by atoms with Crippen LogP contribution in [0.2, 0.25) is 0 Å². The monoisotopic (exact) mass is 472 g/mol. The highest BCUT2D eigenvalue weighted by molar-refractivity contribution is 8.14. The Balaban J connectivity index is 1.51. The fourth-order valence-corrected chi connectivity index (χ4v) is 4.55. The van der Waals surface area contributed by atoms with Crippen LogP contribution in [0.25, 0.3) is 0 Å². The summed E-state index contributed by atoms with van der Waals surface area (Å²) < 4.78 is 39.9. The average Bonchev–Trinajstić information content (AvgIpc) is 3.18. The minimum Gasteiger partial charge on any atom is -0.336 e. The van der Waals surface area contributed by atoms with E-state index in [0.717, 1.165) is 34.5 Å². The van der Waals surface area contributed by atoms with Gasteiger partial charge >= 0.3 is 0 Å². The Bertz CT molecular complexity index is 1270. The summed E-state index contributed by atoms with van der Waals surface area (Å²) >= 11 is 1.75. The highest BCUT2D eigenvalue weighted by Crippen LogP contribution is 2.31. The first-order valence-electron chi connectivity index (χ1n) is 9.67. The van der Waals surface area contributed by atoms with Gasteiger partial charge in [0.1, 0.15) is 0 Å². The maximum atomic E-state index is 14.4. The molecular weight excluding hydrogens is 451 g/mol. The first-order chi connectivity index (χ1) is 15.3. The van der Waals surface area contributed by atoms with Crippen LogP contribution in [0.3, 0.4) is 0 Å². The number of nitrogens with one attached hydrogen (secondary N) is 3. The molecule has 0 aliphatic carbocycles. The molecule has 166 valence electrons. The summed E-state index contributed by atoms with van der Waals surface area (Å²) in [5.74, 6) is 0.367. The first-order valence-corrected chi connectivity index (χ1v) is 12.5. The molecule has 11 heteroatoms. The van der Waals surface area contributed by atoms with Crippen molar-refractivity contribution < 1.29 is 12.8 Å². The number of aliphatic imine (C=N–C) groups is 1. The van der Waals surface area contributed by atoms with Crippen LogP contribution in [-0.4, -0.2) is 35.4 Å². The molecule has 0 fully saturated rings. The molecule has 32 heavy (non-hydrogen) atoms. The molecule has 1 aliphatic rings. The average molecular weight is 473 g/mol. The molecule has 4 rings (SSSR count). The van der Waals surface area contributed by atoms with Gasteiger partial charge in [-0.05, 0) is 36.8 Å². The van der Waals surface area contributed by atoms with Crippen molar-refractivity contribution in [2.45, 2.75) is 13.0 Å². The second-order valence-corrected chi connectivity index (χ2v) is 10.1. The minimum absolute atomic E-state index is 0.0883. The number of nitrogens with zero attached hydrogens (tertiary/aromatic N) is 3. The van der Waals surface area contributed by atoms with Gasteiger partial charge in [-0.25, -0.2) is 17.8 Å². The summed E-state index contributed by atoms with van der Waals surface area (Å²) in [6, 6.07) is 14.5. The number of para-hydroxylation sites is 2. The highest BCUT2D eigenvalue weighted by atomic mass is 32.2. The molecule has 3 N–H and O–H groups in total. The number of sulfonamides is 1. The Kier molecular flexibility index (Phi) is 6.28. The van der Waals surface area contributed by atoms with E-state index in [1.165, 1.54) is 0 Å². The molecule has 8 nitrogen and oxygen atoms in total. The zero-order valence-electron chi connectivity index (χ0n) is 17.3. The Morgan fingerprint density at radius 2 is 1.78 bits per heavy atom. The number of rotatable bonds is 7. The van der Waals surface area contributed by atoms with E-state index in [1.807, 2.05) is 31.2 Å². The van der Waals surface area contributed by atoms with Gasteiger partial charge < -0.3 is 10.6 Å². The predicted molar refractivity (Wildman–Crippen MR) is 128 cm³/mol. The number of hydrogen-bond donors (Lipinski definition) is 3. The van der Waals surface area contributed by atoms with Crippen LogP contribution in [0.1, 0.15) is 18.5 Å². The van der Waals surface area contributed by atoms with Crippen LogP contribution in [0.4, 0.5) is 33.2 Å². The predicted octanol–water partition coefficient (Wildman–Crippen LogP) is 4.68. The van der Waals surface area contributed by atoms with Crippen LogP contribution < -0.4 is 15.4 Å². The van der Waals surface area contributed by atoms with Gasteiger partial charge in [-0.15, -0.1) is 11.8 Å². The SMILES string of the molecule is CC1=NC(c2ccc(Nc3ncc(F)c(Nc4ccccc4NS(C)(=O)=O)n3)cc2)CS1. The second kappa shape index (κ2) is 9.13. The van der Waals surface area contributed by atoms with Gasteiger partial charge in [0.05, 0.1) is 34.9 Å². The summed E-state index contributed by atoms with van der Waals surface area (Å²) in [5, 5.41) is 6.97. The quantitative estimate of drug-likeness (QED) is 0.458. The molecule has 2 aromatic carbocycles. The number of anilines is 5. The third-order valence-electron chi connectivity index (χ3n) is 4.56. The summed E-state index contributed by atoms with van der Waals surface area (Å²) in [4.78, 5) is 12.8. The third-order valence-corrected chi connectivity index (χ3v) is 6.16. The zero-order chi connectivity index (χ0) is 22.7. The van der Waals surface area contributed by atoms with E-state index in [-0.39, 0.29) is 23.5 Å². The van der Waals surface area contributed by atoms with E-state index in [4.69, 9.17) is 0 Å². The summed E-state index contributed by atoms with van der Waals surface area (Å²) in [6.45, 7) is 2.01. The number of halogens is 1. The fourth-order valence-electron chi connectivity index (χ4n) is 3.11. The molecule has 1 atom stereocenters. The molecule has 2 heterocycles. The Morgan fingerprint density at radius 3 is 2.44 bits per heavy atom. The smallest absolute Gasteiger partial charge is 0.229 e. The molecule has 0 bridgehead atoms. The molecule has 3 aromatic rings. The Hall–Kier alpha value is -3.18. The number of aromatic nitrogens is 2. The maximum absolute atomic E-state index is 14.4. The van der Waals surface area contributed by atoms with E-state index < -0.39 is 15.8 Å². The molecule has 0 radical (unpaired) electrons. The normalized spacial score (nSPS) is 15.8. The van der Waals surface area contributed by atoms with E-state index in [0.29, 0.717) is 5.69 Å². The lowest BCUT2D eigenvalue weighted by atomic mass is 10.1. The van der Waals surface area contributed by atoms with Gasteiger partial charge in [0.2, 0.25) is 16.0 Å². The van der Waals surface area contributed by atoms with Crippen molar-refractivity contribution in [3.63, 3.8) is 0 Å². The van der Waals surface area contributed by atoms with E-state index >= 15 is 0 Å². The largest absolute Gasteiger partial charge is 0.336 e. The van der Waals surface area contributed by atoms with Crippen molar-refractivity contribution in [3.8, 4) is 0 Å². The van der Waals surface area contributed by atoms with Crippen LogP contribution in [-0.2, 0) is 10.0 Å². The van der Waals surface area contributed by atoms with Crippen LogP contribution in [0.5, 0.6) is 0 Å². The minimum atomic E-state index is -3.50. The topological polar surface area (TPSA) is 108 Å². The van der Waals surface area contributed by atoms with Gasteiger partial charge in [0.15, 0.2) is 11.6 Å². The van der Waals surface area contributed by atoms with Crippen molar-refractivity contribution in [2.24, 2.45) is 4.99 Å². The lowest BCUT2D eigenvalue weighted by Gasteiger charge is -2.14. The summed E-state index contributed by atoms with van der Waals surface area (Å²) in [7, 11) is -3.50. The van der Waals surface area contributed by atoms with Crippen molar-refractivity contribution in [1.29, 1.82) is 0 Å². The molecular formula is C21H21FN6O2S2. The molecule has 1 aromatic heterocycles. The van der Waals surface area contributed by atoms with Gasteiger partial charge in [-0.3, -0.25) is 9.71 Å². The van der Waals surface area contributed by atoms with E-state index in [2.05, 4.69) is 30.3 Å². The Labute approximate surface area is 189 Å². The van der Waals surface area contributed by atoms with Gasteiger partial charge in [-0.1, -0.05) is 24.3 Å². The number of hydrogen-bond acceptors (Lipinski definition) is 8. The second-order valence-electron chi connectivity index (χ2n) is 7.16.